The highest BCUT2D eigenvalue weighted by atomic mass is 16.7. The molecule has 1 unspecified atom stereocenters. The van der Waals surface area contributed by atoms with Crippen LogP contribution in [-0.2, 0) is 4.79 Å². The highest BCUT2D eigenvalue weighted by Gasteiger charge is 2.25. The van der Waals surface area contributed by atoms with Crippen molar-refractivity contribution in [2.24, 2.45) is 11.0 Å². The van der Waals surface area contributed by atoms with Gasteiger partial charge in [0.2, 0.25) is 6.79 Å². The zero-order chi connectivity index (χ0) is 24.5. The number of nitrogens with zero attached hydrogens (tertiary/aromatic N) is 1. The predicted molar refractivity (Wildman–Crippen MR) is 128 cm³/mol. The van der Waals surface area contributed by atoms with Gasteiger partial charge < -0.3 is 24.3 Å². The molecule has 0 radical (unpaired) electrons. The Kier molecular flexibility index (Phi) is 8.73. The molecule has 2 N–H and O–H groups in total. The van der Waals surface area contributed by atoms with Crippen LogP contribution in [0, 0.1) is 5.92 Å². The van der Waals surface area contributed by atoms with Crippen molar-refractivity contribution in [1.29, 1.82) is 0 Å². The van der Waals surface area contributed by atoms with Gasteiger partial charge in [0.15, 0.2) is 23.0 Å². The van der Waals surface area contributed by atoms with Gasteiger partial charge in [-0.05, 0) is 61.2 Å². The summed E-state index contributed by atoms with van der Waals surface area (Å²) in [5, 5.41) is 6.82. The lowest BCUT2D eigenvalue weighted by atomic mass is 10.0. The number of hydrazone groups is 1. The average molecular weight is 470 g/mol. The SMILES string of the molecule is CCCOc1ccc(C=NNC(=O)C(NC(=O)c2ccc3c(c2)OCO3)C(C)C)cc1OCC. The van der Waals surface area contributed by atoms with Crippen molar-refractivity contribution in [1.82, 2.24) is 10.7 Å². The first kappa shape index (κ1) is 24.9. The summed E-state index contributed by atoms with van der Waals surface area (Å²) >= 11 is 0. The van der Waals surface area contributed by atoms with E-state index < -0.39 is 11.9 Å². The molecule has 0 fully saturated rings. The van der Waals surface area contributed by atoms with Gasteiger partial charge in [-0.3, -0.25) is 9.59 Å². The summed E-state index contributed by atoms with van der Waals surface area (Å²) < 4.78 is 21.9. The van der Waals surface area contributed by atoms with Crippen LogP contribution in [0.2, 0.25) is 0 Å². The smallest absolute Gasteiger partial charge is 0.262 e. The molecule has 1 aliphatic heterocycles. The normalized spacial score (nSPS) is 13.1. The van der Waals surface area contributed by atoms with Crippen LogP contribution in [-0.4, -0.2) is 44.1 Å². The Hall–Kier alpha value is -3.75. The Morgan fingerprint density at radius 1 is 1.06 bits per heavy atom. The number of carbonyl (C=O) groups excluding carboxylic acids is 2. The lowest BCUT2D eigenvalue weighted by molar-refractivity contribution is -0.123. The fraction of sp³-hybridized carbons (Fsp3) is 0.400. The molecule has 1 atom stereocenters. The number of ether oxygens (including phenoxy) is 4. The van der Waals surface area contributed by atoms with Crippen LogP contribution in [0.15, 0.2) is 41.5 Å². The van der Waals surface area contributed by atoms with E-state index in [1.165, 1.54) is 6.21 Å². The number of hydrogen-bond acceptors (Lipinski definition) is 7. The van der Waals surface area contributed by atoms with E-state index in [1.807, 2.05) is 39.8 Å². The fourth-order valence-electron chi connectivity index (χ4n) is 3.24. The molecule has 0 aromatic heterocycles. The molecule has 9 nitrogen and oxygen atoms in total. The first-order valence-electron chi connectivity index (χ1n) is 11.4. The van der Waals surface area contributed by atoms with E-state index in [2.05, 4.69) is 15.8 Å². The van der Waals surface area contributed by atoms with Gasteiger partial charge in [0.05, 0.1) is 19.4 Å². The van der Waals surface area contributed by atoms with Crippen molar-refractivity contribution in [3.8, 4) is 23.0 Å². The predicted octanol–water partition coefficient (Wildman–Crippen LogP) is 3.51. The minimum Gasteiger partial charge on any atom is -0.490 e. The fourth-order valence-corrected chi connectivity index (χ4v) is 3.24. The van der Waals surface area contributed by atoms with Crippen LogP contribution >= 0.6 is 0 Å². The molecular formula is C25H31N3O6. The van der Waals surface area contributed by atoms with Crippen LogP contribution in [0.4, 0.5) is 0 Å². The standard InChI is InChI=1S/C25H31N3O6/c1-5-11-32-19-9-7-17(12-21(19)31-6-2)14-26-28-25(30)23(16(3)4)27-24(29)18-8-10-20-22(13-18)34-15-33-20/h7-10,12-14,16,23H,5-6,11,15H2,1-4H3,(H,27,29)(H,28,30). The van der Waals surface area contributed by atoms with Gasteiger partial charge in [0.1, 0.15) is 6.04 Å². The molecule has 2 amide bonds. The van der Waals surface area contributed by atoms with Crippen LogP contribution in [0.25, 0.3) is 0 Å². The highest BCUT2D eigenvalue weighted by molar-refractivity contribution is 5.98. The molecule has 34 heavy (non-hydrogen) atoms. The van der Waals surface area contributed by atoms with E-state index in [9.17, 15) is 9.59 Å². The van der Waals surface area contributed by atoms with Crippen molar-refractivity contribution >= 4 is 18.0 Å². The van der Waals surface area contributed by atoms with Crippen LogP contribution in [0.3, 0.4) is 0 Å². The summed E-state index contributed by atoms with van der Waals surface area (Å²) in [7, 11) is 0. The van der Waals surface area contributed by atoms with E-state index in [4.69, 9.17) is 18.9 Å². The molecule has 2 aromatic rings. The number of rotatable bonds is 11. The average Bonchev–Trinajstić information content (AvgIpc) is 3.29. The molecule has 0 spiro atoms. The maximum atomic E-state index is 12.7. The third-order valence-corrected chi connectivity index (χ3v) is 4.99. The van der Waals surface area contributed by atoms with Crippen LogP contribution in [0.1, 0.15) is 50.0 Å². The topological polar surface area (TPSA) is 107 Å². The summed E-state index contributed by atoms with van der Waals surface area (Å²) in [6, 6.07) is 9.54. The quantitative estimate of drug-likeness (QED) is 0.385. The van der Waals surface area contributed by atoms with Crippen molar-refractivity contribution in [3.63, 3.8) is 0 Å². The zero-order valence-electron chi connectivity index (χ0n) is 19.9. The number of nitrogens with one attached hydrogen (secondary N) is 2. The maximum Gasteiger partial charge on any atom is 0.262 e. The summed E-state index contributed by atoms with van der Waals surface area (Å²) in [5.74, 6) is 1.39. The van der Waals surface area contributed by atoms with Gasteiger partial charge in [0.25, 0.3) is 11.8 Å². The summed E-state index contributed by atoms with van der Waals surface area (Å²) in [4.78, 5) is 25.5. The van der Waals surface area contributed by atoms with Gasteiger partial charge in [0, 0.05) is 5.56 Å². The number of hydrogen-bond donors (Lipinski definition) is 2. The van der Waals surface area contributed by atoms with Crippen molar-refractivity contribution in [3.05, 3.63) is 47.5 Å². The molecule has 1 heterocycles. The largest absolute Gasteiger partial charge is 0.490 e. The molecule has 0 saturated heterocycles. The second-order valence-electron chi connectivity index (χ2n) is 7.99. The minimum atomic E-state index is -0.779. The number of fused-ring (bicyclic) bond motifs is 1. The van der Waals surface area contributed by atoms with Gasteiger partial charge >= 0.3 is 0 Å². The molecule has 1 aliphatic rings. The lowest BCUT2D eigenvalue weighted by Gasteiger charge is -2.20. The Labute approximate surface area is 199 Å². The molecule has 0 bridgehead atoms. The van der Waals surface area contributed by atoms with Crippen LogP contribution in [0.5, 0.6) is 23.0 Å². The summed E-state index contributed by atoms with van der Waals surface area (Å²) in [5.41, 5.74) is 3.62. The van der Waals surface area contributed by atoms with E-state index in [1.54, 1.807) is 24.3 Å². The Morgan fingerprint density at radius 3 is 2.59 bits per heavy atom. The molecule has 3 rings (SSSR count). The number of amides is 2. The van der Waals surface area contributed by atoms with E-state index in [-0.39, 0.29) is 18.6 Å². The van der Waals surface area contributed by atoms with E-state index >= 15 is 0 Å². The Balaban J connectivity index is 1.63. The first-order valence-corrected chi connectivity index (χ1v) is 11.4. The van der Waals surface area contributed by atoms with Crippen molar-refractivity contribution in [2.45, 2.75) is 40.2 Å². The van der Waals surface area contributed by atoms with Gasteiger partial charge in [-0.1, -0.05) is 20.8 Å². The molecule has 2 aromatic carbocycles. The zero-order valence-corrected chi connectivity index (χ0v) is 19.9. The molecular weight excluding hydrogens is 438 g/mol. The summed E-state index contributed by atoms with van der Waals surface area (Å²) in [6.07, 6.45) is 2.41. The molecule has 182 valence electrons. The molecule has 9 heteroatoms. The molecule has 0 aliphatic carbocycles. The maximum absolute atomic E-state index is 12.7. The lowest BCUT2D eigenvalue weighted by Crippen LogP contribution is -2.48. The first-order chi connectivity index (χ1) is 16.4. The van der Waals surface area contributed by atoms with Crippen molar-refractivity contribution in [2.75, 3.05) is 20.0 Å². The summed E-state index contributed by atoms with van der Waals surface area (Å²) in [6.45, 7) is 8.84. The Morgan fingerprint density at radius 2 is 1.85 bits per heavy atom. The molecule has 0 saturated carbocycles. The Bertz CT molecular complexity index is 1040. The van der Waals surface area contributed by atoms with Crippen molar-refractivity contribution < 1.29 is 28.5 Å². The third kappa shape index (κ3) is 6.40. The van der Waals surface area contributed by atoms with Gasteiger partial charge in [-0.15, -0.1) is 0 Å². The van der Waals surface area contributed by atoms with Gasteiger partial charge in [-0.25, -0.2) is 5.43 Å². The second-order valence-corrected chi connectivity index (χ2v) is 7.99. The van der Waals surface area contributed by atoms with E-state index in [0.29, 0.717) is 41.8 Å². The highest BCUT2D eigenvalue weighted by Crippen LogP contribution is 2.32. The second kappa shape index (κ2) is 11.9. The van der Waals surface area contributed by atoms with Gasteiger partial charge in [-0.2, -0.15) is 5.10 Å². The number of carbonyl (C=O) groups is 2. The number of benzene rings is 2. The minimum absolute atomic E-state index is 0.121. The third-order valence-electron chi connectivity index (χ3n) is 4.99. The monoisotopic (exact) mass is 469 g/mol. The van der Waals surface area contributed by atoms with Crippen LogP contribution < -0.4 is 29.7 Å². The van der Waals surface area contributed by atoms with E-state index in [0.717, 1.165) is 12.0 Å².